The third-order valence-corrected chi connectivity index (χ3v) is 2.23. The van der Waals surface area contributed by atoms with Crippen LogP contribution < -0.4 is 4.74 Å². The quantitative estimate of drug-likeness (QED) is 0.634. The van der Waals surface area contributed by atoms with E-state index < -0.39 is 25.7 Å². The molecule has 3 nitrogen and oxygen atoms in total. The molecule has 1 aromatic rings. The van der Waals surface area contributed by atoms with Crippen molar-refractivity contribution in [2.75, 3.05) is 13.4 Å². The first-order valence-electron chi connectivity index (χ1n) is 5.47. The van der Waals surface area contributed by atoms with Gasteiger partial charge in [0, 0.05) is 0 Å². The lowest BCUT2D eigenvalue weighted by atomic mass is 10.1. The summed E-state index contributed by atoms with van der Waals surface area (Å²) < 4.78 is 44.5. The molecule has 0 spiro atoms. The Morgan fingerprint density at radius 3 is 2.33 bits per heavy atom. The number of halogens is 3. The van der Waals surface area contributed by atoms with Crippen LogP contribution in [0.1, 0.15) is 25.0 Å². The van der Waals surface area contributed by atoms with Gasteiger partial charge in [-0.25, -0.2) is 0 Å². The molecule has 0 heterocycles. The van der Waals surface area contributed by atoms with Crippen LogP contribution in [0.5, 0.6) is 5.75 Å². The lowest BCUT2D eigenvalue weighted by molar-refractivity contribution is -0.186. The summed E-state index contributed by atoms with van der Waals surface area (Å²) in [4.78, 5) is 0. The van der Waals surface area contributed by atoms with Gasteiger partial charge in [-0.3, -0.25) is 0 Å². The van der Waals surface area contributed by atoms with Gasteiger partial charge in [0.2, 0.25) is 0 Å². The highest BCUT2D eigenvalue weighted by Gasteiger charge is 2.27. The molecule has 0 amide bonds. The number of aliphatic hydroxyl groups excluding tert-OH is 1. The maximum atomic E-state index is 11.8. The molecule has 0 aromatic heterocycles. The molecule has 1 N–H and O–H groups in total. The largest absolute Gasteiger partial charge is 0.468 e. The van der Waals surface area contributed by atoms with E-state index in [0.717, 1.165) is 5.56 Å². The molecule has 0 aliphatic rings. The minimum Gasteiger partial charge on any atom is -0.468 e. The molecule has 0 saturated carbocycles. The van der Waals surface area contributed by atoms with Gasteiger partial charge in [-0.05, 0) is 24.1 Å². The summed E-state index contributed by atoms with van der Waals surface area (Å²) in [5, 5.41) is 9.53. The fourth-order valence-corrected chi connectivity index (χ4v) is 1.29. The smallest absolute Gasteiger partial charge is 0.411 e. The maximum absolute atomic E-state index is 11.8. The standard InChI is InChI=1S/C12H15F3O3/c1-2-11(16)9-3-5-10(6-4-9)18-8-17-7-12(13,14)15/h3-6,11,16H,2,7-8H2,1H3/t11-/m1/s1. The van der Waals surface area contributed by atoms with Crippen molar-refractivity contribution in [2.24, 2.45) is 0 Å². The van der Waals surface area contributed by atoms with Crippen LogP contribution >= 0.6 is 0 Å². The Morgan fingerprint density at radius 1 is 1.22 bits per heavy atom. The maximum Gasteiger partial charge on any atom is 0.411 e. The van der Waals surface area contributed by atoms with Gasteiger partial charge in [0.25, 0.3) is 0 Å². The van der Waals surface area contributed by atoms with Crippen molar-refractivity contribution >= 4 is 0 Å². The van der Waals surface area contributed by atoms with Crippen molar-refractivity contribution in [2.45, 2.75) is 25.6 Å². The van der Waals surface area contributed by atoms with Crippen LogP contribution in [0.25, 0.3) is 0 Å². The van der Waals surface area contributed by atoms with Gasteiger partial charge in [0.1, 0.15) is 12.4 Å². The third-order valence-electron chi connectivity index (χ3n) is 2.23. The van der Waals surface area contributed by atoms with Crippen LogP contribution in [0.2, 0.25) is 0 Å². The SMILES string of the molecule is CC[C@@H](O)c1ccc(OCOCC(F)(F)F)cc1. The average molecular weight is 264 g/mol. The minimum absolute atomic E-state index is 0.393. The van der Waals surface area contributed by atoms with E-state index in [-0.39, 0.29) is 0 Å². The van der Waals surface area contributed by atoms with E-state index in [1.165, 1.54) is 0 Å². The van der Waals surface area contributed by atoms with Gasteiger partial charge >= 0.3 is 6.18 Å². The number of alkyl halides is 3. The topological polar surface area (TPSA) is 38.7 Å². The monoisotopic (exact) mass is 264 g/mol. The summed E-state index contributed by atoms with van der Waals surface area (Å²) in [6.07, 6.45) is -4.30. The Morgan fingerprint density at radius 2 is 1.83 bits per heavy atom. The summed E-state index contributed by atoms with van der Waals surface area (Å²) >= 11 is 0. The molecular formula is C12H15F3O3. The van der Waals surface area contributed by atoms with Crippen molar-refractivity contribution < 1.29 is 27.8 Å². The average Bonchev–Trinajstić information content (AvgIpc) is 2.33. The number of hydrogen-bond donors (Lipinski definition) is 1. The van der Waals surface area contributed by atoms with Crippen LogP contribution in [0.4, 0.5) is 13.2 Å². The van der Waals surface area contributed by atoms with Crippen molar-refractivity contribution in [3.05, 3.63) is 29.8 Å². The molecule has 0 saturated heterocycles. The molecule has 0 bridgehead atoms. The van der Waals surface area contributed by atoms with E-state index in [2.05, 4.69) is 4.74 Å². The molecule has 0 radical (unpaired) electrons. The zero-order chi connectivity index (χ0) is 13.6. The zero-order valence-electron chi connectivity index (χ0n) is 9.91. The fourth-order valence-electron chi connectivity index (χ4n) is 1.29. The molecular weight excluding hydrogens is 249 g/mol. The third kappa shape index (κ3) is 5.37. The predicted molar refractivity (Wildman–Crippen MR) is 59.2 cm³/mol. The number of benzene rings is 1. The molecule has 6 heteroatoms. The zero-order valence-corrected chi connectivity index (χ0v) is 9.91. The van der Waals surface area contributed by atoms with E-state index in [9.17, 15) is 18.3 Å². The number of ether oxygens (including phenoxy) is 2. The predicted octanol–water partition coefficient (Wildman–Crippen LogP) is 3.05. The number of aliphatic hydroxyl groups is 1. The summed E-state index contributed by atoms with van der Waals surface area (Å²) in [7, 11) is 0. The van der Waals surface area contributed by atoms with Crippen molar-refractivity contribution in [1.29, 1.82) is 0 Å². The number of rotatable bonds is 6. The molecule has 0 aliphatic heterocycles. The highest BCUT2D eigenvalue weighted by atomic mass is 19.4. The highest BCUT2D eigenvalue weighted by Crippen LogP contribution is 2.20. The molecule has 18 heavy (non-hydrogen) atoms. The normalized spacial score (nSPS) is 13.4. The van der Waals surface area contributed by atoms with Gasteiger partial charge in [0.05, 0.1) is 6.10 Å². The summed E-state index contributed by atoms with van der Waals surface area (Å²) in [6, 6.07) is 6.47. The van der Waals surface area contributed by atoms with Gasteiger partial charge in [-0.2, -0.15) is 13.2 Å². The molecule has 0 fully saturated rings. The van der Waals surface area contributed by atoms with Crippen LogP contribution in [0.3, 0.4) is 0 Å². The number of hydrogen-bond acceptors (Lipinski definition) is 3. The Labute approximate surface area is 103 Å². The molecule has 0 aliphatic carbocycles. The first-order valence-corrected chi connectivity index (χ1v) is 5.47. The van der Waals surface area contributed by atoms with E-state index >= 15 is 0 Å². The van der Waals surface area contributed by atoms with Gasteiger partial charge < -0.3 is 14.6 Å². The second-order valence-corrected chi connectivity index (χ2v) is 3.72. The summed E-state index contributed by atoms with van der Waals surface area (Å²) in [5.74, 6) is 0.393. The van der Waals surface area contributed by atoms with Crippen LogP contribution in [-0.4, -0.2) is 24.7 Å². The minimum atomic E-state index is -4.35. The van der Waals surface area contributed by atoms with Gasteiger partial charge in [0.15, 0.2) is 6.79 Å². The first kappa shape index (κ1) is 14.8. The highest BCUT2D eigenvalue weighted by molar-refractivity contribution is 5.28. The molecule has 0 unspecified atom stereocenters. The lowest BCUT2D eigenvalue weighted by Gasteiger charge is -2.11. The first-order chi connectivity index (χ1) is 8.42. The van der Waals surface area contributed by atoms with E-state index in [4.69, 9.17) is 4.74 Å². The van der Waals surface area contributed by atoms with Gasteiger partial charge in [-0.15, -0.1) is 0 Å². The molecule has 1 atom stereocenters. The molecule has 102 valence electrons. The Hall–Kier alpha value is -1.27. The van der Waals surface area contributed by atoms with E-state index in [1.54, 1.807) is 24.3 Å². The fraction of sp³-hybridized carbons (Fsp3) is 0.500. The second kappa shape index (κ2) is 6.61. The van der Waals surface area contributed by atoms with Crippen molar-refractivity contribution in [3.63, 3.8) is 0 Å². The van der Waals surface area contributed by atoms with Crippen LogP contribution in [0.15, 0.2) is 24.3 Å². The van der Waals surface area contributed by atoms with Crippen molar-refractivity contribution in [3.8, 4) is 5.75 Å². The van der Waals surface area contributed by atoms with Crippen molar-refractivity contribution in [1.82, 2.24) is 0 Å². The Balaban J connectivity index is 2.35. The summed E-state index contributed by atoms with van der Waals surface area (Å²) in [5.41, 5.74) is 0.737. The molecule has 1 rings (SSSR count). The lowest BCUT2D eigenvalue weighted by Crippen LogP contribution is -2.19. The molecule has 1 aromatic carbocycles. The van der Waals surface area contributed by atoms with Crippen LogP contribution in [-0.2, 0) is 4.74 Å². The van der Waals surface area contributed by atoms with E-state index in [1.807, 2.05) is 6.92 Å². The van der Waals surface area contributed by atoms with Gasteiger partial charge in [-0.1, -0.05) is 19.1 Å². The summed E-state index contributed by atoms with van der Waals surface area (Å²) in [6.45, 7) is 0.0505. The Kier molecular flexibility index (Phi) is 5.43. The Bertz CT molecular complexity index is 349. The second-order valence-electron chi connectivity index (χ2n) is 3.72. The van der Waals surface area contributed by atoms with Crippen LogP contribution in [0, 0.1) is 0 Å². The van der Waals surface area contributed by atoms with E-state index in [0.29, 0.717) is 12.2 Å².